The van der Waals surface area contributed by atoms with Gasteiger partial charge in [0.15, 0.2) is 0 Å². The van der Waals surface area contributed by atoms with E-state index >= 15 is 0 Å². The molecule has 2 heteroatoms. The van der Waals surface area contributed by atoms with Crippen molar-refractivity contribution in [2.45, 2.75) is 39.0 Å². The van der Waals surface area contributed by atoms with Crippen LogP contribution in [-0.2, 0) is 6.42 Å². The summed E-state index contributed by atoms with van der Waals surface area (Å²) in [4.78, 5) is 1.51. The molecule has 1 nitrogen and oxygen atoms in total. The lowest BCUT2D eigenvalue weighted by molar-refractivity contribution is 0.492. The molecule has 0 fully saturated rings. The molecule has 0 saturated heterocycles. The quantitative estimate of drug-likeness (QED) is 0.679. The van der Waals surface area contributed by atoms with E-state index in [1.54, 1.807) is 0 Å². The molecule has 0 bridgehead atoms. The van der Waals surface area contributed by atoms with Gasteiger partial charge < -0.3 is 5.32 Å². The van der Waals surface area contributed by atoms with Crippen LogP contribution in [0.1, 0.15) is 43.0 Å². The summed E-state index contributed by atoms with van der Waals surface area (Å²) >= 11 is 1.88. The van der Waals surface area contributed by atoms with Gasteiger partial charge in [0.05, 0.1) is 0 Å². The van der Waals surface area contributed by atoms with Crippen molar-refractivity contribution in [1.29, 1.82) is 0 Å². The van der Waals surface area contributed by atoms with Gasteiger partial charge >= 0.3 is 0 Å². The van der Waals surface area contributed by atoms with Crippen LogP contribution in [0.25, 0.3) is 0 Å². The van der Waals surface area contributed by atoms with E-state index in [-0.39, 0.29) is 0 Å². The molecule has 0 spiro atoms. The zero-order chi connectivity index (χ0) is 14.9. The lowest BCUT2D eigenvalue weighted by Gasteiger charge is -2.19. The average Bonchev–Trinajstić information content (AvgIpc) is 2.99. The summed E-state index contributed by atoms with van der Waals surface area (Å²) in [5.41, 5.74) is 1.47. The van der Waals surface area contributed by atoms with Gasteiger partial charge in [0.25, 0.3) is 0 Å². The number of nitrogens with one attached hydrogen (secondary N) is 1. The monoisotopic (exact) mass is 301 g/mol. The summed E-state index contributed by atoms with van der Waals surface area (Å²) in [7, 11) is 0. The van der Waals surface area contributed by atoms with E-state index in [0.29, 0.717) is 11.8 Å². The van der Waals surface area contributed by atoms with Crippen LogP contribution in [0, 0.1) is 5.92 Å². The molecule has 0 aliphatic heterocycles. The first-order chi connectivity index (χ1) is 10.3. The van der Waals surface area contributed by atoms with Crippen LogP contribution in [-0.4, -0.2) is 13.1 Å². The minimum absolute atomic E-state index is 0.630. The highest BCUT2D eigenvalue weighted by molar-refractivity contribution is 7.09. The van der Waals surface area contributed by atoms with Gasteiger partial charge in [-0.15, -0.1) is 11.3 Å². The van der Waals surface area contributed by atoms with Gasteiger partial charge in [0, 0.05) is 11.4 Å². The second-order valence-electron chi connectivity index (χ2n) is 6.13. The molecule has 114 valence electrons. The van der Waals surface area contributed by atoms with Crippen molar-refractivity contribution in [3.63, 3.8) is 0 Å². The number of rotatable bonds is 9. The standard InChI is InChI=1S/C19H27NS/c1-16(2)14-20-15-18(17-8-4-3-5-9-17)10-6-11-19-12-7-13-21-19/h3-5,7-9,12-13,16,18,20H,6,10-11,14-15H2,1-2H3. The van der Waals surface area contributed by atoms with Gasteiger partial charge in [-0.2, -0.15) is 0 Å². The molecule has 0 aliphatic rings. The predicted octanol–water partition coefficient (Wildman–Crippen LogP) is 5.10. The Bertz CT molecular complexity index is 476. The molecule has 1 heterocycles. The fourth-order valence-corrected chi connectivity index (χ4v) is 3.39. The lowest BCUT2D eigenvalue weighted by Crippen LogP contribution is -2.25. The zero-order valence-corrected chi connectivity index (χ0v) is 14.0. The first kappa shape index (κ1) is 16.3. The number of benzene rings is 1. The predicted molar refractivity (Wildman–Crippen MR) is 94.1 cm³/mol. The van der Waals surface area contributed by atoms with E-state index in [2.05, 4.69) is 67.0 Å². The zero-order valence-electron chi connectivity index (χ0n) is 13.2. The Kier molecular flexibility index (Phi) is 6.98. The van der Waals surface area contributed by atoms with Crippen molar-refractivity contribution >= 4 is 11.3 Å². The Balaban J connectivity index is 1.85. The SMILES string of the molecule is CC(C)CNCC(CCCc1cccs1)c1ccccc1. The van der Waals surface area contributed by atoms with Crippen molar-refractivity contribution in [3.8, 4) is 0 Å². The minimum atomic E-state index is 0.630. The summed E-state index contributed by atoms with van der Waals surface area (Å²) in [6.07, 6.45) is 3.74. The largest absolute Gasteiger partial charge is 0.316 e. The van der Waals surface area contributed by atoms with Crippen molar-refractivity contribution in [1.82, 2.24) is 5.32 Å². The van der Waals surface area contributed by atoms with Crippen LogP contribution in [0.5, 0.6) is 0 Å². The normalized spacial score (nSPS) is 12.7. The Hall–Kier alpha value is -1.12. The molecule has 1 N–H and O–H groups in total. The molecule has 1 unspecified atom stereocenters. The van der Waals surface area contributed by atoms with Crippen LogP contribution >= 0.6 is 11.3 Å². The summed E-state index contributed by atoms with van der Waals surface area (Å²) < 4.78 is 0. The highest BCUT2D eigenvalue weighted by atomic mass is 32.1. The van der Waals surface area contributed by atoms with E-state index in [4.69, 9.17) is 0 Å². The molecule has 0 amide bonds. The average molecular weight is 301 g/mol. The summed E-state index contributed by atoms with van der Waals surface area (Å²) in [5, 5.41) is 5.80. The maximum Gasteiger partial charge on any atom is 0.00452 e. The molecule has 1 atom stereocenters. The van der Waals surface area contributed by atoms with Gasteiger partial charge in [0.2, 0.25) is 0 Å². The molecule has 21 heavy (non-hydrogen) atoms. The smallest absolute Gasteiger partial charge is 0.00452 e. The topological polar surface area (TPSA) is 12.0 Å². The second kappa shape index (κ2) is 9.01. The molecule has 2 rings (SSSR count). The third-order valence-corrected chi connectivity index (χ3v) is 4.71. The number of hydrogen-bond acceptors (Lipinski definition) is 2. The number of aryl methyl sites for hydroxylation is 1. The molecule has 1 aromatic heterocycles. The van der Waals surface area contributed by atoms with Crippen LogP contribution < -0.4 is 5.32 Å². The number of hydrogen-bond donors (Lipinski definition) is 1. The highest BCUT2D eigenvalue weighted by Crippen LogP contribution is 2.22. The van der Waals surface area contributed by atoms with Crippen molar-refractivity contribution < 1.29 is 0 Å². The second-order valence-corrected chi connectivity index (χ2v) is 7.16. The van der Waals surface area contributed by atoms with Crippen molar-refractivity contribution in [3.05, 3.63) is 58.3 Å². The van der Waals surface area contributed by atoms with Crippen molar-refractivity contribution in [2.75, 3.05) is 13.1 Å². The summed E-state index contributed by atoms with van der Waals surface area (Å²) in [6.45, 7) is 6.73. The third-order valence-electron chi connectivity index (χ3n) is 3.77. The fourth-order valence-electron chi connectivity index (χ4n) is 2.64. The number of thiophene rings is 1. The van der Waals surface area contributed by atoms with E-state index in [1.807, 2.05) is 11.3 Å². The fraction of sp³-hybridized carbons (Fsp3) is 0.474. The minimum Gasteiger partial charge on any atom is -0.316 e. The van der Waals surface area contributed by atoms with Crippen LogP contribution in [0.3, 0.4) is 0 Å². The van der Waals surface area contributed by atoms with E-state index in [1.165, 1.54) is 29.7 Å². The molecular formula is C19H27NS. The maximum absolute atomic E-state index is 3.63. The highest BCUT2D eigenvalue weighted by Gasteiger charge is 2.11. The maximum atomic E-state index is 3.63. The van der Waals surface area contributed by atoms with E-state index in [0.717, 1.165) is 13.1 Å². The first-order valence-electron chi connectivity index (χ1n) is 8.03. The van der Waals surface area contributed by atoms with Crippen molar-refractivity contribution in [2.24, 2.45) is 5.92 Å². The van der Waals surface area contributed by atoms with Crippen LogP contribution in [0.2, 0.25) is 0 Å². The van der Waals surface area contributed by atoms with E-state index in [9.17, 15) is 0 Å². The summed E-state index contributed by atoms with van der Waals surface area (Å²) in [6, 6.07) is 15.4. The summed E-state index contributed by atoms with van der Waals surface area (Å²) in [5.74, 6) is 1.34. The van der Waals surface area contributed by atoms with Gasteiger partial charge in [-0.25, -0.2) is 0 Å². The van der Waals surface area contributed by atoms with Gasteiger partial charge in [-0.3, -0.25) is 0 Å². The molecule has 1 aromatic carbocycles. The third kappa shape index (κ3) is 6.03. The molecule has 0 radical (unpaired) electrons. The molecule has 0 saturated carbocycles. The first-order valence-corrected chi connectivity index (χ1v) is 8.91. The molecular weight excluding hydrogens is 274 g/mol. The Morgan fingerprint density at radius 1 is 1.00 bits per heavy atom. The Labute approximate surface area is 133 Å². The van der Waals surface area contributed by atoms with Gasteiger partial charge in [0.1, 0.15) is 0 Å². The Morgan fingerprint density at radius 2 is 1.81 bits per heavy atom. The van der Waals surface area contributed by atoms with Crippen LogP contribution in [0.15, 0.2) is 47.8 Å². The lowest BCUT2D eigenvalue weighted by atomic mass is 9.93. The Morgan fingerprint density at radius 3 is 2.48 bits per heavy atom. The van der Waals surface area contributed by atoms with Gasteiger partial charge in [-0.1, -0.05) is 50.2 Å². The molecule has 2 aromatic rings. The van der Waals surface area contributed by atoms with E-state index < -0.39 is 0 Å². The van der Waals surface area contributed by atoms with Crippen LogP contribution in [0.4, 0.5) is 0 Å². The van der Waals surface area contributed by atoms with Gasteiger partial charge in [-0.05, 0) is 54.7 Å². The molecule has 0 aliphatic carbocycles.